The lowest BCUT2D eigenvalue weighted by atomic mass is 10.1. The van der Waals surface area contributed by atoms with E-state index < -0.39 is 6.10 Å². The highest BCUT2D eigenvalue weighted by molar-refractivity contribution is 9.10. The van der Waals surface area contributed by atoms with Gasteiger partial charge in [0.15, 0.2) is 6.10 Å². The van der Waals surface area contributed by atoms with Gasteiger partial charge in [-0.1, -0.05) is 46.3 Å². The van der Waals surface area contributed by atoms with E-state index in [-0.39, 0.29) is 11.7 Å². The number of halogens is 1. The van der Waals surface area contributed by atoms with Gasteiger partial charge in [-0.2, -0.15) is 5.10 Å². The number of benzene rings is 3. The first kappa shape index (κ1) is 17.9. The van der Waals surface area contributed by atoms with Crippen LogP contribution in [0.1, 0.15) is 12.5 Å². The Hall–Kier alpha value is -2.86. The molecular weight excluding hydrogens is 396 g/mol. The third-order valence-electron chi connectivity index (χ3n) is 3.77. The van der Waals surface area contributed by atoms with Gasteiger partial charge in [0.1, 0.15) is 11.5 Å². The highest BCUT2D eigenvalue weighted by Gasteiger charge is 2.14. The van der Waals surface area contributed by atoms with Crippen LogP contribution in [0.2, 0.25) is 0 Å². The van der Waals surface area contributed by atoms with Crippen LogP contribution in [-0.4, -0.2) is 23.3 Å². The van der Waals surface area contributed by atoms with Crippen LogP contribution in [0.15, 0.2) is 70.2 Å². The lowest BCUT2D eigenvalue weighted by Gasteiger charge is -2.13. The Bertz CT molecular complexity index is 972. The summed E-state index contributed by atoms with van der Waals surface area (Å²) in [4.78, 5) is 12.1. The molecule has 0 spiro atoms. The molecule has 1 atom stereocenters. The third-order valence-corrected chi connectivity index (χ3v) is 4.26. The quantitative estimate of drug-likeness (QED) is 0.486. The molecule has 0 aliphatic rings. The Labute approximate surface area is 159 Å². The molecule has 0 unspecified atom stereocenters. The molecular formula is C20H17BrN2O3. The molecule has 3 rings (SSSR count). The highest BCUT2D eigenvalue weighted by atomic mass is 79.9. The monoisotopic (exact) mass is 412 g/mol. The van der Waals surface area contributed by atoms with Crippen LogP contribution in [-0.2, 0) is 4.79 Å². The number of phenols is 1. The fourth-order valence-electron chi connectivity index (χ4n) is 2.38. The van der Waals surface area contributed by atoms with Gasteiger partial charge in [-0.25, -0.2) is 5.43 Å². The number of carbonyl (C=O) groups is 1. The highest BCUT2D eigenvalue weighted by Crippen LogP contribution is 2.22. The molecule has 2 N–H and O–H groups in total. The minimum Gasteiger partial charge on any atom is -0.507 e. The minimum atomic E-state index is -0.718. The van der Waals surface area contributed by atoms with Crippen LogP contribution < -0.4 is 10.2 Å². The van der Waals surface area contributed by atoms with Crippen molar-refractivity contribution in [2.75, 3.05) is 0 Å². The Kier molecular flexibility index (Phi) is 5.53. The molecule has 132 valence electrons. The van der Waals surface area contributed by atoms with Gasteiger partial charge in [0, 0.05) is 10.0 Å². The average molecular weight is 413 g/mol. The topological polar surface area (TPSA) is 70.9 Å². The number of hydrogen-bond donors (Lipinski definition) is 2. The molecule has 0 aliphatic carbocycles. The molecule has 26 heavy (non-hydrogen) atoms. The van der Waals surface area contributed by atoms with Crippen molar-refractivity contribution in [2.45, 2.75) is 13.0 Å². The maximum atomic E-state index is 12.1. The summed E-state index contributed by atoms with van der Waals surface area (Å²) >= 11 is 3.31. The van der Waals surface area contributed by atoms with Crippen molar-refractivity contribution in [3.63, 3.8) is 0 Å². The minimum absolute atomic E-state index is 0.0756. The first-order chi connectivity index (χ1) is 12.5. The van der Waals surface area contributed by atoms with Crippen molar-refractivity contribution in [1.82, 2.24) is 5.43 Å². The van der Waals surface area contributed by atoms with E-state index in [0.717, 1.165) is 15.2 Å². The second-order valence-corrected chi connectivity index (χ2v) is 6.62. The predicted octanol–water partition coefficient (Wildman–Crippen LogP) is 4.23. The van der Waals surface area contributed by atoms with E-state index in [1.807, 2.05) is 42.5 Å². The third kappa shape index (κ3) is 4.40. The number of nitrogens with one attached hydrogen (secondary N) is 1. The Morgan fingerprint density at radius 1 is 1.15 bits per heavy atom. The number of amides is 1. The molecule has 5 nitrogen and oxygen atoms in total. The second-order valence-electron chi connectivity index (χ2n) is 5.71. The molecule has 0 fully saturated rings. The molecule has 3 aromatic rings. The zero-order valence-corrected chi connectivity index (χ0v) is 15.6. The number of carbonyl (C=O) groups excluding carboxylic acids is 1. The molecule has 1 amide bonds. The SMILES string of the molecule is C[C@@H](Oc1ccc2ccccc2c1)C(=O)N/N=C/c1cc(Br)ccc1O. The predicted molar refractivity (Wildman–Crippen MR) is 106 cm³/mol. The summed E-state index contributed by atoms with van der Waals surface area (Å²) in [7, 11) is 0. The smallest absolute Gasteiger partial charge is 0.280 e. The molecule has 0 aliphatic heterocycles. The van der Waals surface area contributed by atoms with Gasteiger partial charge in [-0.05, 0) is 48.0 Å². The zero-order valence-electron chi connectivity index (χ0n) is 14.0. The second kappa shape index (κ2) is 8.01. The van der Waals surface area contributed by atoms with Crippen molar-refractivity contribution in [3.05, 3.63) is 70.7 Å². The molecule has 0 radical (unpaired) electrons. The number of fused-ring (bicyclic) bond motifs is 1. The van der Waals surface area contributed by atoms with Gasteiger partial charge in [0.2, 0.25) is 0 Å². The number of rotatable bonds is 5. The Morgan fingerprint density at radius 3 is 2.73 bits per heavy atom. The molecule has 3 aromatic carbocycles. The summed E-state index contributed by atoms with van der Waals surface area (Å²) in [5.41, 5.74) is 2.90. The lowest BCUT2D eigenvalue weighted by Crippen LogP contribution is -2.33. The van der Waals surface area contributed by atoms with Crippen LogP contribution in [0.4, 0.5) is 0 Å². The molecule has 0 saturated heterocycles. The number of nitrogens with zero attached hydrogens (tertiary/aromatic N) is 1. The van der Waals surface area contributed by atoms with E-state index in [4.69, 9.17) is 4.74 Å². The van der Waals surface area contributed by atoms with Gasteiger partial charge in [-0.3, -0.25) is 4.79 Å². The Morgan fingerprint density at radius 2 is 1.92 bits per heavy atom. The standard InChI is InChI=1S/C20H17BrN2O3/c1-13(26-18-8-6-14-4-2-3-5-15(14)11-18)20(25)23-22-12-16-10-17(21)7-9-19(16)24/h2-13,24H,1H3,(H,23,25)/b22-12+/t13-/m1/s1. The van der Waals surface area contributed by atoms with Crippen LogP contribution in [0.5, 0.6) is 11.5 Å². The van der Waals surface area contributed by atoms with Gasteiger partial charge in [-0.15, -0.1) is 0 Å². The summed E-state index contributed by atoms with van der Waals surface area (Å²) in [6, 6.07) is 18.5. The first-order valence-corrected chi connectivity index (χ1v) is 8.79. The number of aromatic hydroxyl groups is 1. The van der Waals surface area contributed by atoms with E-state index in [9.17, 15) is 9.90 Å². The maximum Gasteiger partial charge on any atom is 0.280 e. The first-order valence-electron chi connectivity index (χ1n) is 8.00. The van der Waals surface area contributed by atoms with Gasteiger partial charge in [0.25, 0.3) is 5.91 Å². The number of ether oxygens (including phenoxy) is 1. The maximum absolute atomic E-state index is 12.1. The largest absolute Gasteiger partial charge is 0.507 e. The zero-order chi connectivity index (χ0) is 18.5. The van der Waals surface area contributed by atoms with Gasteiger partial charge in [0.05, 0.1) is 6.21 Å². The van der Waals surface area contributed by atoms with Crippen molar-refractivity contribution in [2.24, 2.45) is 5.10 Å². The fraction of sp³-hybridized carbons (Fsp3) is 0.100. The average Bonchev–Trinajstić information content (AvgIpc) is 2.64. The molecule has 6 heteroatoms. The van der Waals surface area contributed by atoms with Crippen LogP contribution in [0.25, 0.3) is 10.8 Å². The van der Waals surface area contributed by atoms with Crippen LogP contribution >= 0.6 is 15.9 Å². The summed E-state index contributed by atoms with van der Waals surface area (Å²) in [6.45, 7) is 1.65. The number of hydrogen-bond acceptors (Lipinski definition) is 4. The summed E-state index contributed by atoms with van der Waals surface area (Å²) in [5.74, 6) is 0.301. The molecule has 0 saturated carbocycles. The van der Waals surface area contributed by atoms with Crippen LogP contribution in [0, 0.1) is 0 Å². The van der Waals surface area contributed by atoms with E-state index in [0.29, 0.717) is 11.3 Å². The van der Waals surface area contributed by atoms with E-state index >= 15 is 0 Å². The summed E-state index contributed by atoms with van der Waals surface area (Å²) in [6.07, 6.45) is 0.658. The van der Waals surface area contributed by atoms with E-state index in [2.05, 4.69) is 26.5 Å². The van der Waals surface area contributed by atoms with Crippen LogP contribution in [0.3, 0.4) is 0 Å². The van der Waals surface area contributed by atoms with Crippen molar-refractivity contribution >= 4 is 38.8 Å². The molecule has 0 aromatic heterocycles. The lowest BCUT2D eigenvalue weighted by molar-refractivity contribution is -0.127. The van der Waals surface area contributed by atoms with E-state index in [1.165, 1.54) is 6.21 Å². The van der Waals surface area contributed by atoms with Crippen molar-refractivity contribution < 1.29 is 14.6 Å². The fourth-order valence-corrected chi connectivity index (χ4v) is 2.76. The molecule has 0 bridgehead atoms. The number of phenolic OH excluding ortho intramolecular Hbond substituents is 1. The normalized spacial score (nSPS) is 12.2. The van der Waals surface area contributed by atoms with Crippen molar-refractivity contribution in [1.29, 1.82) is 0 Å². The van der Waals surface area contributed by atoms with Crippen molar-refractivity contribution in [3.8, 4) is 11.5 Å². The number of hydrazone groups is 1. The van der Waals surface area contributed by atoms with Gasteiger partial charge >= 0.3 is 0 Å². The summed E-state index contributed by atoms with van der Waals surface area (Å²) in [5, 5.41) is 15.8. The molecule has 0 heterocycles. The Balaban J connectivity index is 1.61. The van der Waals surface area contributed by atoms with Gasteiger partial charge < -0.3 is 9.84 Å². The van der Waals surface area contributed by atoms with E-state index in [1.54, 1.807) is 25.1 Å². The summed E-state index contributed by atoms with van der Waals surface area (Å²) < 4.78 is 6.49.